The summed E-state index contributed by atoms with van der Waals surface area (Å²) in [5, 5.41) is 11.3. The number of anilines is 1. The van der Waals surface area contributed by atoms with Crippen molar-refractivity contribution in [2.45, 2.75) is 18.9 Å². The van der Waals surface area contributed by atoms with Gasteiger partial charge in [-0.3, -0.25) is 0 Å². The Kier molecular flexibility index (Phi) is 3.96. The maximum absolute atomic E-state index is 8.78. The number of rotatable bonds is 4. The molecular weight excluding hydrogens is 260 g/mol. The van der Waals surface area contributed by atoms with Crippen LogP contribution >= 0.6 is 11.5 Å². The first kappa shape index (κ1) is 12.8. The molecule has 1 fully saturated rings. The molecule has 0 amide bonds. The number of piperidine rings is 1. The van der Waals surface area contributed by atoms with E-state index in [2.05, 4.69) is 27.5 Å². The van der Waals surface area contributed by atoms with Crippen molar-refractivity contribution in [3.63, 3.8) is 0 Å². The Morgan fingerprint density at radius 3 is 2.89 bits per heavy atom. The van der Waals surface area contributed by atoms with E-state index in [0.29, 0.717) is 12.7 Å². The maximum atomic E-state index is 8.78. The number of hydrogen-bond donors (Lipinski definition) is 1. The number of aliphatic hydroxyl groups is 1. The van der Waals surface area contributed by atoms with Crippen LogP contribution in [-0.4, -0.2) is 41.9 Å². The minimum atomic E-state index is 0.111. The number of ether oxygens (including phenoxy) is 1. The van der Waals surface area contributed by atoms with E-state index < -0.39 is 0 Å². The van der Waals surface area contributed by atoms with Crippen molar-refractivity contribution in [2.75, 3.05) is 31.2 Å². The number of fused-ring (bicyclic) bond motifs is 1. The van der Waals surface area contributed by atoms with Crippen molar-refractivity contribution < 1.29 is 9.84 Å². The minimum absolute atomic E-state index is 0.111. The van der Waals surface area contributed by atoms with Gasteiger partial charge >= 0.3 is 0 Å². The molecule has 0 radical (unpaired) electrons. The molecule has 19 heavy (non-hydrogen) atoms. The van der Waals surface area contributed by atoms with Gasteiger partial charge in [0.2, 0.25) is 0 Å². The number of hydrogen-bond acceptors (Lipinski definition) is 5. The molecule has 0 aliphatic carbocycles. The fraction of sp³-hybridized carbons (Fsp3) is 0.500. The lowest BCUT2D eigenvalue weighted by Crippen LogP contribution is -2.37. The highest BCUT2D eigenvalue weighted by atomic mass is 32.1. The second-order valence-corrected chi connectivity index (χ2v) is 5.54. The van der Waals surface area contributed by atoms with Crippen molar-refractivity contribution in [2.24, 2.45) is 0 Å². The molecule has 4 nitrogen and oxygen atoms in total. The Bertz CT molecular complexity index is 535. The Labute approximate surface area is 116 Å². The molecule has 1 aliphatic rings. The summed E-state index contributed by atoms with van der Waals surface area (Å²) in [7, 11) is 0. The molecule has 0 atom stereocenters. The first-order chi connectivity index (χ1) is 9.38. The van der Waals surface area contributed by atoms with Gasteiger partial charge < -0.3 is 14.7 Å². The zero-order valence-corrected chi connectivity index (χ0v) is 11.6. The lowest BCUT2D eigenvalue weighted by atomic mass is 10.1. The van der Waals surface area contributed by atoms with E-state index >= 15 is 0 Å². The first-order valence-corrected chi connectivity index (χ1v) is 7.47. The van der Waals surface area contributed by atoms with Crippen LogP contribution in [0.25, 0.3) is 10.9 Å². The van der Waals surface area contributed by atoms with Crippen LogP contribution in [0.3, 0.4) is 0 Å². The predicted octanol–water partition coefficient (Wildman–Crippen LogP) is 2.27. The molecule has 0 unspecified atom stereocenters. The summed E-state index contributed by atoms with van der Waals surface area (Å²) in [5.74, 6) is 0. The van der Waals surface area contributed by atoms with E-state index in [1.165, 1.54) is 10.4 Å². The molecule has 102 valence electrons. The molecule has 0 bridgehead atoms. The van der Waals surface area contributed by atoms with Crippen LogP contribution in [0.5, 0.6) is 0 Å². The molecule has 1 aromatic carbocycles. The van der Waals surface area contributed by atoms with Crippen LogP contribution in [0.4, 0.5) is 5.00 Å². The van der Waals surface area contributed by atoms with Gasteiger partial charge in [0.25, 0.3) is 0 Å². The lowest BCUT2D eigenvalue weighted by molar-refractivity contribution is 0.0160. The normalized spacial score (nSPS) is 17.2. The number of aromatic nitrogens is 1. The second-order valence-electron chi connectivity index (χ2n) is 4.79. The van der Waals surface area contributed by atoms with Gasteiger partial charge in [0.15, 0.2) is 0 Å². The molecule has 1 aromatic heterocycles. The minimum Gasteiger partial charge on any atom is -0.394 e. The molecule has 0 spiro atoms. The van der Waals surface area contributed by atoms with E-state index in [0.717, 1.165) is 31.4 Å². The summed E-state index contributed by atoms with van der Waals surface area (Å²) in [5.41, 5.74) is 1.08. The van der Waals surface area contributed by atoms with Crippen LogP contribution in [0.1, 0.15) is 12.8 Å². The van der Waals surface area contributed by atoms with Crippen LogP contribution in [0.2, 0.25) is 0 Å². The smallest absolute Gasteiger partial charge is 0.119 e. The van der Waals surface area contributed by atoms with Crippen LogP contribution in [0, 0.1) is 0 Å². The molecule has 0 saturated carbocycles. The van der Waals surface area contributed by atoms with Crippen molar-refractivity contribution in [1.29, 1.82) is 0 Å². The largest absolute Gasteiger partial charge is 0.394 e. The van der Waals surface area contributed by atoms with Gasteiger partial charge in [0, 0.05) is 18.5 Å². The van der Waals surface area contributed by atoms with Gasteiger partial charge in [0.05, 0.1) is 24.8 Å². The summed E-state index contributed by atoms with van der Waals surface area (Å²) in [6.45, 7) is 2.57. The van der Waals surface area contributed by atoms with Gasteiger partial charge in [-0.25, -0.2) is 0 Å². The molecule has 1 saturated heterocycles. The van der Waals surface area contributed by atoms with E-state index in [1.54, 1.807) is 11.5 Å². The van der Waals surface area contributed by atoms with Gasteiger partial charge in [-0.2, -0.15) is 4.37 Å². The molecule has 1 N–H and O–H groups in total. The highest BCUT2D eigenvalue weighted by molar-refractivity contribution is 7.11. The average molecular weight is 278 g/mol. The van der Waals surface area contributed by atoms with Crippen molar-refractivity contribution in [3.8, 4) is 0 Å². The molecule has 5 heteroatoms. The summed E-state index contributed by atoms with van der Waals surface area (Å²) in [6.07, 6.45) is 2.33. The van der Waals surface area contributed by atoms with E-state index in [9.17, 15) is 0 Å². The maximum Gasteiger partial charge on any atom is 0.119 e. The van der Waals surface area contributed by atoms with Gasteiger partial charge in [-0.05, 0) is 36.5 Å². The standard InChI is InChI=1S/C14H18N2O2S/c17-9-10-18-11-5-7-16(8-6-11)14-12-3-1-2-4-13(12)15-19-14/h1-4,11,17H,5-10H2. The topological polar surface area (TPSA) is 45.6 Å². The quantitative estimate of drug-likeness (QED) is 0.932. The van der Waals surface area contributed by atoms with Gasteiger partial charge in [0.1, 0.15) is 5.00 Å². The monoisotopic (exact) mass is 278 g/mol. The number of aliphatic hydroxyl groups excluding tert-OH is 1. The summed E-state index contributed by atoms with van der Waals surface area (Å²) in [4.78, 5) is 2.40. The van der Waals surface area contributed by atoms with E-state index in [1.807, 2.05) is 6.07 Å². The van der Waals surface area contributed by atoms with Gasteiger partial charge in [-0.1, -0.05) is 12.1 Å². The average Bonchev–Trinajstić information content (AvgIpc) is 2.90. The Hall–Kier alpha value is -1.17. The molecule has 1 aliphatic heterocycles. The third-order valence-corrected chi connectivity index (χ3v) is 4.48. The number of nitrogens with zero attached hydrogens (tertiary/aromatic N) is 2. The summed E-state index contributed by atoms with van der Waals surface area (Å²) in [6, 6.07) is 8.30. The van der Waals surface area contributed by atoms with E-state index in [4.69, 9.17) is 9.84 Å². The first-order valence-electron chi connectivity index (χ1n) is 6.70. The summed E-state index contributed by atoms with van der Waals surface area (Å²) < 4.78 is 10.1. The SMILES string of the molecule is OCCOC1CCN(c2snc3ccccc23)CC1. The predicted molar refractivity (Wildman–Crippen MR) is 77.9 cm³/mol. The highest BCUT2D eigenvalue weighted by Crippen LogP contribution is 2.33. The zero-order valence-electron chi connectivity index (χ0n) is 10.8. The highest BCUT2D eigenvalue weighted by Gasteiger charge is 2.22. The summed E-state index contributed by atoms with van der Waals surface area (Å²) >= 11 is 1.58. The third-order valence-electron chi connectivity index (χ3n) is 3.54. The molecule has 2 heterocycles. The van der Waals surface area contributed by atoms with E-state index in [-0.39, 0.29) is 6.61 Å². The fourth-order valence-corrected chi connectivity index (χ4v) is 3.46. The number of benzene rings is 1. The van der Waals surface area contributed by atoms with Crippen molar-refractivity contribution >= 4 is 27.4 Å². The van der Waals surface area contributed by atoms with Gasteiger partial charge in [-0.15, -0.1) is 0 Å². The lowest BCUT2D eigenvalue weighted by Gasteiger charge is -2.32. The zero-order chi connectivity index (χ0) is 13.1. The Morgan fingerprint density at radius 1 is 1.32 bits per heavy atom. The van der Waals surface area contributed by atoms with Crippen LogP contribution < -0.4 is 4.90 Å². The van der Waals surface area contributed by atoms with Crippen LogP contribution in [0.15, 0.2) is 24.3 Å². The van der Waals surface area contributed by atoms with Crippen molar-refractivity contribution in [3.05, 3.63) is 24.3 Å². The van der Waals surface area contributed by atoms with Crippen molar-refractivity contribution in [1.82, 2.24) is 4.37 Å². The Morgan fingerprint density at radius 2 is 2.11 bits per heavy atom. The molecular formula is C14H18N2O2S. The third kappa shape index (κ3) is 2.73. The second kappa shape index (κ2) is 5.86. The van der Waals surface area contributed by atoms with Crippen LogP contribution in [-0.2, 0) is 4.74 Å². The molecule has 2 aromatic rings. The Balaban J connectivity index is 1.68. The molecule has 3 rings (SSSR count). The fourth-order valence-electron chi connectivity index (χ4n) is 2.55.